The fourth-order valence-corrected chi connectivity index (χ4v) is 8.42. The van der Waals surface area contributed by atoms with Crippen molar-refractivity contribution in [3.8, 4) is 11.5 Å². The predicted molar refractivity (Wildman–Crippen MR) is 164 cm³/mol. The number of carbonyl (C=O) groups excluding carboxylic acids is 3. The summed E-state index contributed by atoms with van der Waals surface area (Å²) in [6.07, 6.45) is 2.79. The molecule has 0 bridgehead atoms. The minimum atomic E-state index is -1.23. The third-order valence-corrected chi connectivity index (χ3v) is 10.9. The van der Waals surface area contributed by atoms with Crippen LogP contribution >= 0.6 is 0 Å². The van der Waals surface area contributed by atoms with Crippen LogP contribution in [0, 0.1) is 17.3 Å². The van der Waals surface area contributed by atoms with E-state index in [1.54, 1.807) is 6.07 Å². The van der Waals surface area contributed by atoms with Crippen LogP contribution in [0.25, 0.3) is 0 Å². The molecule has 5 rings (SSSR count). The Morgan fingerprint density at radius 2 is 1.69 bits per heavy atom. The van der Waals surface area contributed by atoms with Crippen molar-refractivity contribution in [2.75, 3.05) is 0 Å². The van der Waals surface area contributed by atoms with Crippen molar-refractivity contribution in [1.29, 1.82) is 0 Å². The third kappa shape index (κ3) is 6.73. The molecule has 2 fully saturated rings. The second kappa shape index (κ2) is 13.5. The number of aliphatic hydroxyl groups is 3. The van der Waals surface area contributed by atoms with Gasteiger partial charge in [-0.15, -0.1) is 0 Å². The number of esters is 1. The number of ketones is 1. The molecule has 3 aliphatic carbocycles. The zero-order chi connectivity index (χ0) is 32.5. The van der Waals surface area contributed by atoms with Gasteiger partial charge in [0, 0.05) is 30.2 Å². The molecule has 0 heterocycles. The lowest BCUT2D eigenvalue weighted by atomic mass is 9.55. The van der Waals surface area contributed by atoms with Gasteiger partial charge in [-0.2, -0.15) is 0 Å². The molecular formula is C35H45NO9. The van der Waals surface area contributed by atoms with E-state index < -0.39 is 36.4 Å². The number of fused-ring (bicyclic) bond motifs is 5. The molecular weight excluding hydrogens is 578 g/mol. The monoisotopic (exact) mass is 623 g/mol. The first-order valence-corrected chi connectivity index (χ1v) is 16.1. The van der Waals surface area contributed by atoms with Crippen LogP contribution in [0.3, 0.4) is 0 Å². The molecule has 2 aromatic carbocycles. The van der Waals surface area contributed by atoms with E-state index in [1.807, 2.05) is 6.07 Å². The fraction of sp³-hybridized carbons (Fsp3) is 0.571. The van der Waals surface area contributed by atoms with Gasteiger partial charge in [0.1, 0.15) is 23.4 Å². The molecule has 0 radical (unpaired) electrons. The number of Topliss-reactive ketones (excluding diaryl/α,β-unsaturated/α-hetero) is 1. The number of ether oxygens (including phenoxy) is 1. The maximum Gasteiger partial charge on any atom is 0.306 e. The van der Waals surface area contributed by atoms with Crippen LogP contribution in [0.5, 0.6) is 11.5 Å². The smallest absolute Gasteiger partial charge is 0.306 e. The van der Waals surface area contributed by atoms with Crippen molar-refractivity contribution < 1.29 is 44.7 Å². The predicted octanol–water partition coefficient (Wildman–Crippen LogP) is 3.55. The van der Waals surface area contributed by atoms with Crippen LogP contribution in [-0.2, 0) is 33.8 Å². The molecule has 45 heavy (non-hydrogen) atoms. The van der Waals surface area contributed by atoms with Crippen LogP contribution in [0.15, 0.2) is 30.3 Å². The number of benzene rings is 2. The van der Waals surface area contributed by atoms with E-state index >= 15 is 0 Å². The summed E-state index contributed by atoms with van der Waals surface area (Å²) < 4.78 is 6.01. The molecule has 2 saturated carbocycles. The minimum absolute atomic E-state index is 0.000757. The highest BCUT2D eigenvalue weighted by molar-refractivity contribution is 5.98. The number of carbonyl (C=O) groups is 3. The van der Waals surface area contributed by atoms with Gasteiger partial charge in [0.05, 0.1) is 24.4 Å². The van der Waals surface area contributed by atoms with Gasteiger partial charge in [0.2, 0.25) is 0 Å². The van der Waals surface area contributed by atoms with Gasteiger partial charge in [-0.3, -0.25) is 14.4 Å². The lowest BCUT2D eigenvalue weighted by molar-refractivity contribution is -0.158. The van der Waals surface area contributed by atoms with Gasteiger partial charge in [-0.1, -0.05) is 25.1 Å². The van der Waals surface area contributed by atoms with Gasteiger partial charge in [-0.25, -0.2) is 0 Å². The van der Waals surface area contributed by atoms with Crippen molar-refractivity contribution in [3.63, 3.8) is 0 Å². The second-order valence-corrected chi connectivity index (χ2v) is 13.5. The van der Waals surface area contributed by atoms with Crippen molar-refractivity contribution in [2.24, 2.45) is 23.0 Å². The number of hydrogen-bond acceptors (Lipinski definition) is 9. The van der Waals surface area contributed by atoms with Crippen molar-refractivity contribution in [1.82, 2.24) is 0 Å². The Morgan fingerprint density at radius 1 is 0.978 bits per heavy atom. The summed E-state index contributed by atoms with van der Waals surface area (Å²) >= 11 is 0. The third-order valence-electron chi connectivity index (χ3n) is 10.9. The Bertz CT molecular complexity index is 1440. The van der Waals surface area contributed by atoms with Gasteiger partial charge in [0.15, 0.2) is 0 Å². The number of aryl methyl sites for hydroxylation is 1. The maximum absolute atomic E-state index is 12.9. The first kappa shape index (κ1) is 32.9. The first-order chi connectivity index (χ1) is 21.4. The molecule has 10 heteroatoms. The molecule has 7 atom stereocenters. The van der Waals surface area contributed by atoms with E-state index in [0.717, 1.165) is 38.5 Å². The average Bonchev–Trinajstić information content (AvgIpc) is 3.34. The highest BCUT2D eigenvalue weighted by Crippen LogP contribution is 2.61. The fourth-order valence-electron chi connectivity index (χ4n) is 8.42. The summed E-state index contributed by atoms with van der Waals surface area (Å²) in [4.78, 5) is 37.1. The van der Waals surface area contributed by atoms with Crippen LogP contribution in [0.1, 0.15) is 103 Å². The first-order valence-electron chi connectivity index (χ1n) is 16.1. The highest BCUT2D eigenvalue weighted by Gasteiger charge is 2.56. The summed E-state index contributed by atoms with van der Waals surface area (Å²) in [7, 11) is 0. The largest absolute Gasteiger partial charge is 0.508 e. The zero-order valence-electron chi connectivity index (χ0n) is 25.8. The number of primary amides is 1. The van der Waals surface area contributed by atoms with Crippen molar-refractivity contribution in [3.05, 3.63) is 58.1 Å². The standard InChI is InChI=1S/C35H45NO9/c1-35-15-14-25-24-8-5-22(38)16-19(24)4-7-26(25)27(35)9-12-30(35)45-31(42)13-11-29(41)28(40)10-6-23(39)17-20-2-3-21(18-37)32(33(20)43)34(36)44/h2-3,5,8,16,25-30,37-38,40-41,43H,4,6-7,9-15,17-18H2,1H3,(H2,36,44). The molecule has 244 valence electrons. The maximum atomic E-state index is 12.9. The Hall–Kier alpha value is -3.47. The van der Waals surface area contributed by atoms with E-state index in [2.05, 4.69) is 13.0 Å². The second-order valence-electron chi connectivity index (χ2n) is 13.5. The van der Waals surface area contributed by atoms with Gasteiger partial charge in [0.25, 0.3) is 5.91 Å². The Labute approximate surface area is 263 Å². The van der Waals surface area contributed by atoms with E-state index in [4.69, 9.17) is 10.5 Å². The molecule has 3 aliphatic rings. The number of aromatic hydroxyl groups is 2. The Morgan fingerprint density at radius 3 is 2.40 bits per heavy atom. The summed E-state index contributed by atoms with van der Waals surface area (Å²) in [5.41, 5.74) is 7.89. The number of nitrogens with two attached hydrogens (primary N) is 1. The molecule has 0 aliphatic heterocycles. The number of phenolic OH excluding ortho intramolecular Hbond substituents is 1. The Balaban J connectivity index is 1.08. The number of amides is 1. The van der Waals surface area contributed by atoms with Crippen molar-refractivity contribution in [2.45, 2.75) is 108 Å². The highest BCUT2D eigenvalue weighted by atomic mass is 16.5. The zero-order valence-corrected chi connectivity index (χ0v) is 25.8. The number of phenols is 2. The van der Waals surface area contributed by atoms with Crippen LogP contribution in [-0.4, -0.2) is 61.5 Å². The molecule has 10 nitrogen and oxygen atoms in total. The average molecular weight is 624 g/mol. The van der Waals surface area contributed by atoms with Gasteiger partial charge < -0.3 is 36.0 Å². The summed E-state index contributed by atoms with van der Waals surface area (Å²) in [6, 6.07) is 8.61. The van der Waals surface area contributed by atoms with E-state index in [9.17, 15) is 39.9 Å². The number of aliphatic hydroxyl groups excluding tert-OH is 3. The van der Waals surface area contributed by atoms with E-state index in [0.29, 0.717) is 23.5 Å². The summed E-state index contributed by atoms with van der Waals surface area (Å²) in [6.45, 7) is 1.75. The molecule has 0 aromatic heterocycles. The van der Waals surface area contributed by atoms with Crippen LogP contribution < -0.4 is 5.73 Å². The summed E-state index contributed by atoms with van der Waals surface area (Å²) in [5, 5.41) is 50.6. The molecule has 0 saturated heterocycles. The molecule has 0 spiro atoms. The molecule has 2 aromatic rings. The van der Waals surface area contributed by atoms with Crippen LogP contribution in [0.2, 0.25) is 0 Å². The summed E-state index contributed by atoms with van der Waals surface area (Å²) in [5.74, 6) is -0.343. The molecule has 7 unspecified atom stereocenters. The van der Waals surface area contributed by atoms with Crippen LogP contribution in [0.4, 0.5) is 0 Å². The Kier molecular flexibility index (Phi) is 9.86. The minimum Gasteiger partial charge on any atom is -0.508 e. The van der Waals surface area contributed by atoms with E-state index in [-0.39, 0.29) is 66.1 Å². The van der Waals surface area contributed by atoms with E-state index in [1.165, 1.54) is 23.3 Å². The SMILES string of the molecule is CC12CCC3c4ccc(O)cc4CCC3C1CCC2OC(=O)CCC(O)C(O)CCC(=O)Cc1ccc(CO)c(C(N)=O)c1O. The lowest BCUT2D eigenvalue weighted by Gasteiger charge is -2.50. The number of hydrogen-bond donors (Lipinski definition) is 6. The molecule has 7 N–H and O–H groups in total. The topological polar surface area (TPSA) is 188 Å². The van der Waals surface area contributed by atoms with Gasteiger partial charge >= 0.3 is 5.97 Å². The quantitative estimate of drug-likeness (QED) is 0.192. The normalized spacial score (nSPS) is 26.7. The molecule has 1 amide bonds. The van der Waals surface area contributed by atoms with Crippen molar-refractivity contribution >= 4 is 17.7 Å². The van der Waals surface area contributed by atoms with Gasteiger partial charge in [-0.05, 0) is 97.9 Å². The lowest BCUT2D eigenvalue weighted by Crippen LogP contribution is -2.45. The number of rotatable bonds is 12.